The summed E-state index contributed by atoms with van der Waals surface area (Å²) >= 11 is 0.466. The summed E-state index contributed by atoms with van der Waals surface area (Å²) in [6, 6.07) is 4.50. The number of nitrogens with zero attached hydrogens (tertiary/aromatic N) is 1. The molecule has 2 aromatic rings. The van der Waals surface area contributed by atoms with Crippen LogP contribution in [0.4, 0.5) is 13.2 Å². The molecule has 2 heterocycles. The number of fused-ring (bicyclic) bond motifs is 1. The second-order valence-electron chi connectivity index (χ2n) is 4.07. The highest BCUT2D eigenvalue weighted by Gasteiger charge is 2.39. The summed E-state index contributed by atoms with van der Waals surface area (Å²) < 4.78 is 48.6. The predicted molar refractivity (Wildman–Crippen MR) is 65.6 cm³/mol. The molecule has 1 aliphatic rings. The summed E-state index contributed by atoms with van der Waals surface area (Å²) in [7, 11) is 0. The summed E-state index contributed by atoms with van der Waals surface area (Å²) in [6.07, 6.45) is -4.82. The number of alkyl halides is 3. The van der Waals surface area contributed by atoms with E-state index in [0.717, 1.165) is 0 Å². The number of rotatable bonds is 2. The maximum atomic E-state index is 12.8. The van der Waals surface area contributed by atoms with Crippen LogP contribution in [0.5, 0.6) is 11.5 Å². The number of ether oxygens (including phenoxy) is 2. The number of carboxylic acid groups (broad SMARTS) is 1. The zero-order chi connectivity index (χ0) is 15.2. The fourth-order valence-electron chi connectivity index (χ4n) is 1.81. The van der Waals surface area contributed by atoms with Crippen LogP contribution in [0.15, 0.2) is 18.2 Å². The van der Waals surface area contributed by atoms with Crippen LogP contribution in [-0.2, 0) is 6.18 Å². The average Bonchev–Trinajstić information content (AvgIpc) is 3.03. The second kappa shape index (κ2) is 4.62. The maximum absolute atomic E-state index is 12.8. The molecular formula is C12H6F3NO4S. The third kappa shape index (κ3) is 2.40. The zero-order valence-electron chi connectivity index (χ0n) is 10.1. The number of aromatic carboxylic acids is 1. The minimum atomic E-state index is -4.82. The van der Waals surface area contributed by atoms with E-state index in [9.17, 15) is 18.0 Å². The molecule has 0 bridgehead atoms. The Morgan fingerprint density at radius 3 is 2.62 bits per heavy atom. The monoisotopic (exact) mass is 317 g/mol. The molecule has 1 aliphatic heterocycles. The molecule has 110 valence electrons. The molecule has 0 unspecified atom stereocenters. The van der Waals surface area contributed by atoms with E-state index < -0.39 is 22.7 Å². The van der Waals surface area contributed by atoms with Crippen molar-refractivity contribution in [3.05, 3.63) is 28.8 Å². The number of hydrogen-bond donors (Lipinski definition) is 1. The Morgan fingerprint density at radius 1 is 1.29 bits per heavy atom. The fourth-order valence-corrected chi connectivity index (χ4v) is 2.73. The molecule has 0 saturated heterocycles. The van der Waals surface area contributed by atoms with Gasteiger partial charge in [-0.15, -0.1) is 11.3 Å². The van der Waals surface area contributed by atoms with Crippen molar-refractivity contribution >= 4 is 17.3 Å². The highest BCUT2D eigenvalue weighted by molar-refractivity contribution is 7.17. The Hall–Kier alpha value is -2.29. The third-order valence-electron chi connectivity index (χ3n) is 2.71. The van der Waals surface area contributed by atoms with Gasteiger partial charge >= 0.3 is 12.1 Å². The van der Waals surface area contributed by atoms with Crippen molar-refractivity contribution in [1.82, 2.24) is 4.98 Å². The summed E-state index contributed by atoms with van der Waals surface area (Å²) in [5.41, 5.74) is -1.06. The van der Waals surface area contributed by atoms with E-state index in [2.05, 4.69) is 4.98 Å². The molecule has 0 aliphatic carbocycles. The third-order valence-corrected chi connectivity index (χ3v) is 3.80. The molecule has 1 aromatic carbocycles. The van der Waals surface area contributed by atoms with Crippen molar-refractivity contribution in [2.45, 2.75) is 6.18 Å². The average molecular weight is 317 g/mol. The smallest absolute Gasteiger partial charge is 0.435 e. The van der Waals surface area contributed by atoms with Gasteiger partial charge in [-0.1, -0.05) is 0 Å². The first-order valence-corrected chi connectivity index (χ1v) is 6.39. The van der Waals surface area contributed by atoms with E-state index in [1.54, 1.807) is 0 Å². The number of hydrogen-bond acceptors (Lipinski definition) is 5. The largest absolute Gasteiger partial charge is 0.477 e. The Morgan fingerprint density at radius 2 is 2.00 bits per heavy atom. The molecule has 0 fully saturated rings. The fraction of sp³-hybridized carbons (Fsp3) is 0.167. The van der Waals surface area contributed by atoms with Gasteiger partial charge in [0.25, 0.3) is 0 Å². The van der Waals surface area contributed by atoms with Gasteiger partial charge in [0.05, 0.1) is 0 Å². The number of thiazole rings is 1. The van der Waals surface area contributed by atoms with Gasteiger partial charge in [0.15, 0.2) is 17.2 Å². The van der Waals surface area contributed by atoms with E-state index in [-0.39, 0.29) is 11.8 Å². The minimum Gasteiger partial charge on any atom is -0.477 e. The van der Waals surface area contributed by atoms with Crippen LogP contribution in [0.25, 0.3) is 10.6 Å². The molecule has 5 nitrogen and oxygen atoms in total. The Bertz CT molecular complexity index is 726. The van der Waals surface area contributed by atoms with Crippen LogP contribution in [0.3, 0.4) is 0 Å². The predicted octanol–water partition coefficient (Wildman–Crippen LogP) is 3.26. The van der Waals surface area contributed by atoms with Crippen LogP contribution in [0.2, 0.25) is 0 Å². The number of benzene rings is 1. The van der Waals surface area contributed by atoms with E-state index in [0.29, 0.717) is 28.4 Å². The van der Waals surface area contributed by atoms with Gasteiger partial charge in [0, 0.05) is 5.56 Å². The van der Waals surface area contributed by atoms with Gasteiger partial charge in [-0.05, 0) is 18.2 Å². The van der Waals surface area contributed by atoms with E-state index in [1.165, 1.54) is 18.2 Å². The molecule has 1 aromatic heterocycles. The molecule has 21 heavy (non-hydrogen) atoms. The van der Waals surface area contributed by atoms with Gasteiger partial charge in [-0.2, -0.15) is 13.2 Å². The van der Waals surface area contributed by atoms with Crippen molar-refractivity contribution < 1.29 is 32.5 Å². The molecule has 0 radical (unpaired) electrons. The summed E-state index contributed by atoms with van der Waals surface area (Å²) in [6.45, 7) is 0.0326. The van der Waals surface area contributed by atoms with Gasteiger partial charge in [-0.3, -0.25) is 0 Å². The maximum Gasteiger partial charge on any atom is 0.435 e. The molecule has 0 spiro atoms. The number of carboxylic acids is 1. The lowest BCUT2D eigenvalue weighted by atomic mass is 10.2. The van der Waals surface area contributed by atoms with Gasteiger partial charge in [0.2, 0.25) is 6.79 Å². The lowest BCUT2D eigenvalue weighted by Gasteiger charge is -2.02. The van der Waals surface area contributed by atoms with Gasteiger partial charge < -0.3 is 14.6 Å². The summed E-state index contributed by atoms with van der Waals surface area (Å²) in [5, 5.41) is 8.83. The highest BCUT2D eigenvalue weighted by atomic mass is 32.1. The molecule has 9 heteroatoms. The first-order chi connectivity index (χ1) is 9.86. The van der Waals surface area contributed by atoms with Crippen LogP contribution in [0, 0.1) is 0 Å². The topological polar surface area (TPSA) is 68.7 Å². The molecular weight excluding hydrogens is 311 g/mol. The SMILES string of the molecule is O=C(O)c1sc(-c2ccc3c(c2)OCO3)nc1C(F)(F)F. The molecule has 0 saturated carbocycles. The Kier molecular flexibility index (Phi) is 3.01. The van der Waals surface area contributed by atoms with E-state index >= 15 is 0 Å². The van der Waals surface area contributed by atoms with Crippen LogP contribution >= 0.6 is 11.3 Å². The molecule has 0 amide bonds. The number of aromatic nitrogens is 1. The van der Waals surface area contributed by atoms with E-state index in [1.807, 2.05) is 0 Å². The zero-order valence-corrected chi connectivity index (χ0v) is 10.9. The van der Waals surface area contributed by atoms with Crippen LogP contribution in [0.1, 0.15) is 15.4 Å². The Labute approximate surface area is 119 Å². The number of halogens is 3. The quantitative estimate of drug-likeness (QED) is 0.921. The van der Waals surface area contributed by atoms with Crippen LogP contribution in [-0.4, -0.2) is 22.9 Å². The van der Waals surface area contributed by atoms with Crippen LogP contribution < -0.4 is 9.47 Å². The normalized spacial score (nSPS) is 13.5. The van der Waals surface area contributed by atoms with E-state index in [4.69, 9.17) is 14.6 Å². The molecule has 1 N–H and O–H groups in total. The number of carbonyl (C=O) groups is 1. The lowest BCUT2D eigenvalue weighted by Crippen LogP contribution is -2.11. The standard InChI is InChI=1S/C12H6F3NO4S/c13-12(14,15)9-8(11(17)18)21-10(16-9)5-1-2-6-7(3-5)20-4-19-6/h1-3H,4H2,(H,17,18). The van der Waals surface area contributed by atoms with Crippen molar-refractivity contribution in [3.63, 3.8) is 0 Å². The van der Waals surface area contributed by atoms with Crippen molar-refractivity contribution in [2.24, 2.45) is 0 Å². The second-order valence-corrected chi connectivity index (χ2v) is 5.07. The summed E-state index contributed by atoms with van der Waals surface area (Å²) in [4.78, 5) is 13.5. The first-order valence-electron chi connectivity index (χ1n) is 5.57. The van der Waals surface area contributed by atoms with Gasteiger partial charge in [-0.25, -0.2) is 9.78 Å². The lowest BCUT2D eigenvalue weighted by molar-refractivity contribution is -0.141. The molecule has 3 rings (SSSR count). The Balaban J connectivity index is 2.09. The van der Waals surface area contributed by atoms with Crippen molar-refractivity contribution in [2.75, 3.05) is 6.79 Å². The molecule has 0 atom stereocenters. The summed E-state index contributed by atoms with van der Waals surface area (Å²) in [5.74, 6) is -0.801. The minimum absolute atomic E-state index is 0.0326. The van der Waals surface area contributed by atoms with Crippen molar-refractivity contribution in [3.8, 4) is 22.1 Å². The highest BCUT2D eigenvalue weighted by Crippen LogP contribution is 2.40. The van der Waals surface area contributed by atoms with Gasteiger partial charge in [0.1, 0.15) is 9.88 Å². The first kappa shape index (κ1) is 13.7. The van der Waals surface area contributed by atoms with Crippen molar-refractivity contribution in [1.29, 1.82) is 0 Å².